The van der Waals surface area contributed by atoms with E-state index in [4.69, 9.17) is 14.7 Å². The Bertz CT molecular complexity index is 1020. The molecule has 0 aliphatic carbocycles. The molecule has 1 atom stereocenters. The highest BCUT2D eigenvalue weighted by Gasteiger charge is 2.13. The molecule has 0 saturated heterocycles. The van der Waals surface area contributed by atoms with Gasteiger partial charge in [-0.15, -0.1) is 0 Å². The van der Waals surface area contributed by atoms with Gasteiger partial charge in [-0.2, -0.15) is 10.4 Å². The molecule has 0 fully saturated rings. The van der Waals surface area contributed by atoms with E-state index in [-0.39, 0.29) is 5.91 Å². The van der Waals surface area contributed by atoms with E-state index >= 15 is 0 Å². The van der Waals surface area contributed by atoms with Crippen molar-refractivity contribution in [2.24, 2.45) is 5.10 Å². The highest BCUT2D eigenvalue weighted by molar-refractivity contribution is 5.84. The molecule has 0 saturated carbocycles. The highest BCUT2D eigenvalue weighted by atomic mass is 16.5. The quantitative estimate of drug-likeness (QED) is 0.457. The topological polar surface area (TPSA) is 83.7 Å². The maximum absolute atomic E-state index is 12.1. The van der Waals surface area contributed by atoms with Crippen molar-refractivity contribution in [1.29, 1.82) is 5.26 Å². The Balaban J connectivity index is 1.45. The van der Waals surface area contributed by atoms with E-state index in [2.05, 4.69) is 10.5 Å². The van der Waals surface area contributed by atoms with Gasteiger partial charge >= 0.3 is 0 Å². The number of carbonyl (C=O) groups is 1. The number of hydrogen-bond donors (Lipinski definition) is 1. The fraction of sp³-hybridized carbons (Fsp3) is 0.125. The van der Waals surface area contributed by atoms with Gasteiger partial charge in [-0.25, -0.2) is 5.43 Å². The van der Waals surface area contributed by atoms with Crippen molar-refractivity contribution in [2.45, 2.75) is 19.6 Å². The SMILES string of the molecule is C[C@H](Oc1ccc(C#N)cc1)C(=O)NN=Cc1ccc(OCc2ccccc2)cc1. The van der Waals surface area contributed by atoms with Gasteiger partial charge in [0.15, 0.2) is 6.10 Å². The molecule has 0 radical (unpaired) electrons. The van der Waals surface area contributed by atoms with Gasteiger partial charge in [0, 0.05) is 0 Å². The van der Waals surface area contributed by atoms with E-state index in [1.807, 2.05) is 60.7 Å². The van der Waals surface area contributed by atoms with Gasteiger partial charge in [-0.1, -0.05) is 30.3 Å². The summed E-state index contributed by atoms with van der Waals surface area (Å²) in [5.41, 5.74) is 4.91. The summed E-state index contributed by atoms with van der Waals surface area (Å²) in [7, 11) is 0. The molecule has 0 bridgehead atoms. The Labute approximate surface area is 175 Å². The lowest BCUT2D eigenvalue weighted by Gasteiger charge is -2.12. The first-order valence-corrected chi connectivity index (χ1v) is 9.40. The second kappa shape index (κ2) is 10.4. The lowest BCUT2D eigenvalue weighted by Crippen LogP contribution is -2.33. The summed E-state index contributed by atoms with van der Waals surface area (Å²) >= 11 is 0. The van der Waals surface area contributed by atoms with Crippen LogP contribution in [-0.2, 0) is 11.4 Å². The van der Waals surface area contributed by atoms with Crippen LogP contribution in [0, 0.1) is 11.3 Å². The summed E-state index contributed by atoms with van der Waals surface area (Å²) in [6, 6.07) is 25.9. The van der Waals surface area contributed by atoms with Crippen LogP contribution in [0.3, 0.4) is 0 Å². The van der Waals surface area contributed by atoms with Gasteiger partial charge < -0.3 is 9.47 Å². The number of nitrogens with one attached hydrogen (secondary N) is 1. The molecular weight excluding hydrogens is 378 g/mol. The van der Waals surface area contributed by atoms with Crippen LogP contribution in [0.1, 0.15) is 23.6 Å². The van der Waals surface area contributed by atoms with E-state index in [1.165, 1.54) is 0 Å². The number of hydrogen-bond acceptors (Lipinski definition) is 5. The average molecular weight is 399 g/mol. The molecule has 3 rings (SSSR count). The van der Waals surface area contributed by atoms with Gasteiger partial charge in [0.05, 0.1) is 17.8 Å². The summed E-state index contributed by atoms with van der Waals surface area (Å²) in [5.74, 6) is 0.884. The zero-order valence-electron chi connectivity index (χ0n) is 16.5. The molecule has 30 heavy (non-hydrogen) atoms. The van der Waals surface area contributed by atoms with Gasteiger partial charge in [0.1, 0.15) is 18.1 Å². The van der Waals surface area contributed by atoms with Crippen molar-refractivity contribution in [2.75, 3.05) is 0 Å². The van der Waals surface area contributed by atoms with Crippen molar-refractivity contribution >= 4 is 12.1 Å². The van der Waals surface area contributed by atoms with E-state index < -0.39 is 6.10 Å². The summed E-state index contributed by atoms with van der Waals surface area (Å²) in [5, 5.41) is 12.8. The zero-order chi connectivity index (χ0) is 21.2. The van der Waals surface area contributed by atoms with Gasteiger partial charge in [0.2, 0.25) is 0 Å². The van der Waals surface area contributed by atoms with Crippen molar-refractivity contribution in [3.05, 3.63) is 95.6 Å². The molecular formula is C24H21N3O3. The fourth-order valence-corrected chi connectivity index (χ4v) is 2.52. The predicted octanol–water partition coefficient (Wildman–Crippen LogP) is 4.05. The Kier molecular flexibility index (Phi) is 7.17. The number of benzene rings is 3. The maximum Gasteiger partial charge on any atom is 0.280 e. The molecule has 6 nitrogen and oxygen atoms in total. The lowest BCUT2D eigenvalue weighted by atomic mass is 10.2. The molecule has 0 unspecified atom stereocenters. The first-order valence-electron chi connectivity index (χ1n) is 9.40. The fourth-order valence-electron chi connectivity index (χ4n) is 2.52. The summed E-state index contributed by atoms with van der Waals surface area (Å²) < 4.78 is 11.3. The van der Waals surface area contributed by atoms with Crippen LogP contribution in [0.25, 0.3) is 0 Å². The Hall–Kier alpha value is -4.11. The minimum atomic E-state index is -0.733. The number of nitrogens with zero attached hydrogens (tertiary/aromatic N) is 2. The van der Waals surface area contributed by atoms with E-state index in [9.17, 15) is 4.79 Å². The number of carbonyl (C=O) groups excluding carboxylic acids is 1. The minimum absolute atomic E-state index is 0.376. The third-order valence-electron chi connectivity index (χ3n) is 4.18. The molecule has 1 N–H and O–H groups in total. The van der Waals surface area contributed by atoms with Gasteiger partial charge in [0.25, 0.3) is 5.91 Å². The normalized spacial score (nSPS) is 11.5. The van der Waals surface area contributed by atoms with Crippen LogP contribution < -0.4 is 14.9 Å². The third-order valence-corrected chi connectivity index (χ3v) is 4.18. The van der Waals surface area contributed by atoms with Crippen LogP contribution in [-0.4, -0.2) is 18.2 Å². The first-order chi connectivity index (χ1) is 14.6. The second-order valence-electron chi connectivity index (χ2n) is 6.47. The molecule has 0 aromatic heterocycles. The smallest absolute Gasteiger partial charge is 0.280 e. The molecule has 150 valence electrons. The molecule has 6 heteroatoms. The maximum atomic E-state index is 12.1. The average Bonchev–Trinajstić information content (AvgIpc) is 2.79. The predicted molar refractivity (Wildman–Crippen MR) is 114 cm³/mol. The van der Waals surface area contributed by atoms with Crippen LogP contribution in [0.2, 0.25) is 0 Å². The monoisotopic (exact) mass is 399 g/mol. The van der Waals surface area contributed by atoms with Gasteiger partial charge in [-0.05, 0) is 66.6 Å². The zero-order valence-corrected chi connectivity index (χ0v) is 16.5. The number of rotatable bonds is 8. The Morgan fingerprint density at radius 2 is 1.70 bits per heavy atom. The second-order valence-corrected chi connectivity index (χ2v) is 6.47. The largest absolute Gasteiger partial charge is 0.489 e. The minimum Gasteiger partial charge on any atom is -0.489 e. The number of ether oxygens (including phenoxy) is 2. The molecule has 3 aromatic carbocycles. The van der Waals surface area contributed by atoms with Gasteiger partial charge in [-0.3, -0.25) is 4.79 Å². The number of amides is 1. The van der Waals surface area contributed by atoms with Crippen LogP contribution in [0.4, 0.5) is 0 Å². The Morgan fingerprint density at radius 3 is 2.37 bits per heavy atom. The molecule has 0 spiro atoms. The highest BCUT2D eigenvalue weighted by Crippen LogP contribution is 2.14. The van der Waals surface area contributed by atoms with E-state index in [0.717, 1.165) is 16.9 Å². The van der Waals surface area contributed by atoms with E-state index in [0.29, 0.717) is 17.9 Å². The van der Waals surface area contributed by atoms with Crippen molar-refractivity contribution in [1.82, 2.24) is 5.43 Å². The summed E-state index contributed by atoms with van der Waals surface area (Å²) in [6.07, 6.45) is 0.816. The van der Waals surface area contributed by atoms with Crippen molar-refractivity contribution in [3.8, 4) is 17.6 Å². The molecule has 0 heterocycles. The van der Waals surface area contributed by atoms with Crippen molar-refractivity contribution < 1.29 is 14.3 Å². The lowest BCUT2D eigenvalue weighted by molar-refractivity contribution is -0.127. The molecule has 1 amide bonds. The summed E-state index contributed by atoms with van der Waals surface area (Å²) in [6.45, 7) is 2.13. The van der Waals surface area contributed by atoms with E-state index in [1.54, 1.807) is 37.4 Å². The Morgan fingerprint density at radius 1 is 1.03 bits per heavy atom. The number of nitriles is 1. The third kappa shape index (κ3) is 6.21. The van der Waals surface area contributed by atoms with Crippen molar-refractivity contribution in [3.63, 3.8) is 0 Å². The van der Waals surface area contributed by atoms with Crippen LogP contribution in [0.5, 0.6) is 11.5 Å². The molecule has 3 aromatic rings. The van der Waals surface area contributed by atoms with Crippen LogP contribution in [0.15, 0.2) is 84.0 Å². The standard InChI is InChI=1S/C24H21N3O3/c1-18(30-23-13-7-19(15-25)8-14-23)24(28)27-26-16-20-9-11-22(12-10-20)29-17-21-5-3-2-4-6-21/h2-14,16,18H,17H2,1H3,(H,27,28)/t18-/m0/s1. The number of hydrazone groups is 1. The molecule has 0 aliphatic heterocycles. The summed E-state index contributed by atoms with van der Waals surface area (Å²) in [4.78, 5) is 12.1. The van der Waals surface area contributed by atoms with Crippen LogP contribution >= 0.6 is 0 Å². The molecule has 0 aliphatic rings. The first kappa shape index (κ1) is 20.6.